The van der Waals surface area contributed by atoms with Gasteiger partial charge in [0.1, 0.15) is 6.10 Å². The van der Waals surface area contributed by atoms with Crippen molar-refractivity contribution in [3.8, 4) is 11.5 Å². The standard InChI is InChI=1S/C10H12O6/c1-16-7-4-5(2-3-6(7)11)8(12)9(13)10(14)15/h2-4,8-9,11-13H,1H3,(H,14,15). The van der Waals surface area contributed by atoms with Crippen molar-refractivity contribution in [2.75, 3.05) is 7.11 Å². The average molecular weight is 228 g/mol. The summed E-state index contributed by atoms with van der Waals surface area (Å²) in [6.45, 7) is 0. The van der Waals surface area contributed by atoms with Crippen LogP contribution in [0.2, 0.25) is 0 Å². The Hall–Kier alpha value is -1.79. The Bertz CT molecular complexity index is 389. The molecule has 0 bridgehead atoms. The zero-order chi connectivity index (χ0) is 12.3. The number of benzene rings is 1. The molecule has 0 aliphatic heterocycles. The van der Waals surface area contributed by atoms with Crippen LogP contribution in [0, 0.1) is 0 Å². The summed E-state index contributed by atoms with van der Waals surface area (Å²) in [4.78, 5) is 10.4. The van der Waals surface area contributed by atoms with Gasteiger partial charge in [0.2, 0.25) is 0 Å². The van der Waals surface area contributed by atoms with E-state index in [9.17, 15) is 15.0 Å². The van der Waals surface area contributed by atoms with Crippen LogP contribution < -0.4 is 4.74 Å². The first-order chi connectivity index (χ1) is 7.47. The highest BCUT2D eigenvalue weighted by Gasteiger charge is 2.25. The molecule has 1 rings (SSSR count). The number of aromatic hydroxyl groups is 1. The van der Waals surface area contributed by atoms with E-state index in [0.29, 0.717) is 0 Å². The number of ether oxygens (including phenoxy) is 1. The second kappa shape index (κ2) is 4.82. The number of carboxylic acids is 1. The Morgan fingerprint density at radius 1 is 1.38 bits per heavy atom. The fourth-order valence-corrected chi connectivity index (χ4v) is 1.20. The smallest absolute Gasteiger partial charge is 0.335 e. The first-order valence-electron chi connectivity index (χ1n) is 4.43. The molecule has 1 aromatic carbocycles. The molecule has 0 radical (unpaired) electrons. The molecule has 0 amide bonds. The van der Waals surface area contributed by atoms with Gasteiger partial charge in [0.05, 0.1) is 7.11 Å². The van der Waals surface area contributed by atoms with Crippen LogP contribution in [0.15, 0.2) is 18.2 Å². The van der Waals surface area contributed by atoms with E-state index in [1.807, 2.05) is 0 Å². The van der Waals surface area contributed by atoms with Crippen LogP contribution in [0.5, 0.6) is 11.5 Å². The number of hydrogen-bond donors (Lipinski definition) is 4. The second-order valence-electron chi connectivity index (χ2n) is 3.16. The zero-order valence-corrected chi connectivity index (χ0v) is 8.49. The third-order valence-electron chi connectivity index (χ3n) is 2.10. The summed E-state index contributed by atoms with van der Waals surface area (Å²) in [6, 6.07) is 3.80. The minimum Gasteiger partial charge on any atom is -0.504 e. The summed E-state index contributed by atoms with van der Waals surface area (Å²) in [6.07, 6.45) is -3.50. The Kier molecular flexibility index (Phi) is 3.70. The van der Waals surface area contributed by atoms with Gasteiger partial charge in [-0.25, -0.2) is 4.79 Å². The molecule has 0 aliphatic carbocycles. The van der Waals surface area contributed by atoms with Gasteiger partial charge in [0, 0.05) is 0 Å². The molecular formula is C10H12O6. The lowest BCUT2D eigenvalue weighted by Gasteiger charge is -2.15. The van der Waals surface area contributed by atoms with Crippen molar-refractivity contribution in [1.29, 1.82) is 0 Å². The lowest BCUT2D eigenvalue weighted by atomic mass is 10.0. The first kappa shape index (κ1) is 12.3. The average Bonchev–Trinajstić information content (AvgIpc) is 2.27. The fraction of sp³-hybridized carbons (Fsp3) is 0.300. The van der Waals surface area contributed by atoms with Gasteiger partial charge in [-0.3, -0.25) is 0 Å². The highest BCUT2D eigenvalue weighted by Crippen LogP contribution is 2.29. The van der Waals surface area contributed by atoms with E-state index >= 15 is 0 Å². The van der Waals surface area contributed by atoms with Crippen molar-refractivity contribution >= 4 is 5.97 Å². The maximum Gasteiger partial charge on any atom is 0.335 e. The molecule has 16 heavy (non-hydrogen) atoms. The maximum absolute atomic E-state index is 10.4. The van der Waals surface area contributed by atoms with Gasteiger partial charge in [0.25, 0.3) is 0 Å². The molecule has 0 saturated heterocycles. The topological polar surface area (TPSA) is 107 Å². The summed E-state index contributed by atoms with van der Waals surface area (Å²) in [5.74, 6) is -1.57. The largest absolute Gasteiger partial charge is 0.504 e. The number of aliphatic carboxylic acids is 1. The number of aliphatic hydroxyl groups excluding tert-OH is 2. The summed E-state index contributed by atoms with van der Waals surface area (Å²) in [7, 11) is 1.32. The van der Waals surface area contributed by atoms with Crippen LogP contribution in [0.1, 0.15) is 11.7 Å². The summed E-state index contributed by atoms with van der Waals surface area (Å²) in [5.41, 5.74) is 0.143. The zero-order valence-electron chi connectivity index (χ0n) is 8.49. The van der Waals surface area contributed by atoms with E-state index in [4.69, 9.17) is 14.9 Å². The molecule has 0 fully saturated rings. The monoisotopic (exact) mass is 228 g/mol. The summed E-state index contributed by atoms with van der Waals surface area (Å²) >= 11 is 0. The van der Waals surface area contributed by atoms with Gasteiger partial charge in [0.15, 0.2) is 17.6 Å². The van der Waals surface area contributed by atoms with Gasteiger partial charge < -0.3 is 25.2 Å². The number of phenolic OH excluding ortho intramolecular Hbond substituents is 1. The van der Waals surface area contributed by atoms with Gasteiger partial charge in [-0.1, -0.05) is 6.07 Å². The number of hydrogen-bond acceptors (Lipinski definition) is 5. The van der Waals surface area contributed by atoms with Crippen molar-refractivity contribution in [1.82, 2.24) is 0 Å². The molecule has 4 N–H and O–H groups in total. The van der Waals surface area contributed by atoms with Crippen LogP contribution in [-0.2, 0) is 4.79 Å². The Balaban J connectivity index is 3.00. The molecule has 0 saturated carbocycles. The highest BCUT2D eigenvalue weighted by atomic mass is 16.5. The van der Waals surface area contributed by atoms with E-state index in [0.717, 1.165) is 0 Å². The van der Waals surface area contributed by atoms with Crippen LogP contribution in [0.3, 0.4) is 0 Å². The number of carbonyl (C=O) groups is 1. The number of rotatable bonds is 4. The quantitative estimate of drug-likeness (QED) is 0.572. The fourth-order valence-electron chi connectivity index (χ4n) is 1.20. The van der Waals surface area contributed by atoms with Gasteiger partial charge in [-0.2, -0.15) is 0 Å². The van der Waals surface area contributed by atoms with Crippen molar-refractivity contribution in [2.45, 2.75) is 12.2 Å². The number of carboxylic acid groups (broad SMARTS) is 1. The third-order valence-corrected chi connectivity index (χ3v) is 2.10. The Morgan fingerprint density at radius 2 is 2.00 bits per heavy atom. The lowest BCUT2D eigenvalue weighted by molar-refractivity contribution is -0.153. The van der Waals surface area contributed by atoms with Gasteiger partial charge in [-0.05, 0) is 17.7 Å². The number of phenols is 1. The molecule has 2 atom stereocenters. The molecular weight excluding hydrogens is 216 g/mol. The van der Waals surface area contributed by atoms with Gasteiger partial charge >= 0.3 is 5.97 Å². The highest BCUT2D eigenvalue weighted by molar-refractivity contribution is 5.73. The molecule has 88 valence electrons. The summed E-state index contributed by atoms with van der Waals surface area (Å²) < 4.78 is 4.79. The molecule has 2 unspecified atom stereocenters. The van der Waals surface area contributed by atoms with E-state index in [1.165, 1.54) is 25.3 Å². The Morgan fingerprint density at radius 3 is 2.50 bits per heavy atom. The van der Waals surface area contributed by atoms with Crippen LogP contribution in [-0.4, -0.2) is 39.6 Å². The molecule has 0 aromatic heterocycles. The third kappa shape index (κ3) is 2.41. The molecule has 6 heteroatoms. The van der Waals surface area contributed by atoms with Gasteiger partial charge in [-0.15, -0.1) is 0 Å². The van der Waals surface area contributed by atoms with Crippen LogP contribution in [0.4, 0.5) is 0 Å². The molecule has 0 aliphatic rings. The minimum absolute atomic E-state index is 0.0918. The van der Waals surface area contributed by atoms with Crippen molar-refractivity contribution in [2.24, 2.45) is 0 Å². The predicted octanol–water partition coefficient (Wildman–Crippen LogP) is -0.120. The second-order valence-corrected chi connectivity index (χ2v) is 3.16. The first-order valence-corrected chi connectivity index (χ1v) is 4.43. The van der Waals surface area contributed by atoms with E-state index in [2.05, 4.69) is 0 Å². The van der Waals surface area contributed by atoms with Crippen LogP contribution in [0.25, 0.3) is 0 Å². The normalized spacial score (nSPS) is 14.2. The van der Waals surface area contributed by atoms with E-state index in [1.54, 1.807) is 0 Å². The molecule has 0 spiro atoms. The van der Waals surface area contributed by atoms with E-state index < -0.39 is 18.2 Å². The Labute approximate surface area is 91.3 Å². The van der Waals surface area contributed by atoms with Crippen molar-refractivity contribution in [3.05, 3.63) is 23.8 Å². The van der Waals surface area contributed by atoms with Crippen LogP contribution >= 0.6 is 0 Å². The number of aliphatic hydroxyl groups is 2. The SMILES string of the molecule is COc1cc(C(O)C(O)C(=O)O)ccc1O. The molecule has 0 heterocycles. The maximum atomic E-state index is 10.4. The number of methoxy groups -OCH3 is 1. The summed E-state index contributed by atoms with van der Waals surface area (Å²) in [5, 5.41) is 36.4. The molecule has 6 nitrogen and oxygen atoms in total. The molecule has 1 aromatic rings. The minimum atomic E-state index is -1.92. The van der Waals surface area contributed by atoms with Crippen molar-refractivity contribution < 1.29 is 30.0 Å². The lowest BCUT2D eigenvalue weighted by Crippen LogP contribution is -2.27. The predicted molar refractivity (Wildman–Crippen MR) is 53.3 cm³/mol. The van der Waals surface area contributed by atoms with Crippen molar-refractivity contribution in [3.63, 3.8) is 0 Å². The van der Waals surface area contributed by atoms with E-state index in [-0.39, 0.29) is 17.1 Å².